The fraction of sp³-hybridized carbons (Fsp3) is 0.227. The summed E-state index contributed by atoms with van der Waals surface area (Å²) in [4.78, 5) is 2.33. The maximum absolute atomic E-state index is 3.61. The average molecular weight is 327 g/mol. The van der Waals surface area contributed by atoms with Crippen LogP contribution in [0.5, 0.6) is 0 Å². The molecular weight excluding hydrogens is 306 g/mol. The molecule has 0 spiro atoms. The molecule has 1 aliphatic rings. The normalized spacial score (nSPS) is 13.0. The zero-order valence-corrected chi connectivity index (χ0v) is 14.8. The predicted molar refractivity (Wildman–Crippen MR) is 103 cm³/mol. The molecule has 0 radical (unpaired) electrons. The second-order valence-corrected chi connectivity index (χ2v) is 7.30. The number of rotatable bonds is 2. The van der Waals surface area contributed by atoms with E-state index in [9.17, 15) is 0 Å². The van der Waals surface area contributed by atoms with Crippen molar-refractivity contribution < 1.29 is 4.57 Å². The Bertz CT molecular complexity index is 1120. The van der Waals surface area contributed by atoms with Gasteiger partial charge in [0.25, 0.3) is 0 Å². The van der Waals surface area contributed by atoms with Gasteiger partial charge in [-0.15, -0.1) is 0 Å². The molecule has 25 heavy (non-hydrogen) atoms. The summed E-state index contributed by atoms with van der Waals surface area (Å²) in [5.74, 6) is 0.582. The number of para-hydroxylation sites is 1. The number of nitrogens with zero attached hydrogens (tertiary/aromatic N) is 3. The van der Waals surface area contributed by atoms with Crippen molar-refractivity contribution in [3.05, 3.63) is 60.9 Å². The Hall–Kier alpha value is -2.81. The van der Waals surface area contributed by atoms with Crippen molar-refractivity contribution in [3.8, 4) is 5.69 Å². The summed E-state index contributed by atoms with van der Waals surface area (Å²) in [5, 5.41) is 2.55. The lowest BCUT2D eigenvalue weighted by Crippen LogP contribution is -2.36. The summed E-state index contributed by atoms with van der Waals surface area (Å²) >= 11 is 0. The van der Waals surface area contributed by atoms with Crippen molar-refractivity contribution in [2.75, 3.05) is 11.9 Å². The lowest BCUT2D eigenvalue weighted by atomic mass is 10.0. The largest absolute Gasteiger partial charge is 0.353 e. The Labute approximate surface area is 147 Å². The quantitative estimate of drug-likeness (QED) is 0.387. The van der Waals surface area contributed by atoms with Gasteiger partial charge in [-0.05, 0) is 22.8 Å². The van der Waals surface area contributed by atoms with Gasteiger partial charge in [-0.3, -0.25) is 0 Å². The van der Waals surface area contributed by atoms with E-state index in [4.69, 9.17) is 0 Å². The number of aromatic nitrogens is 2. The van der Waals surface area contributed by atoms with Crippen LogP contribution >= 0.6 is 0 Å². The third kappa shape index (κ3) is 1.95. The first kappa shape index (κ1) is 14.5. The van der Waals surface area contributed by atoms with Crippen LogP contribution in [0.15, 0.2) is 54.6 Å². The average Bonchev–Trinajstić information content (AvgIpc) is 2.98. The van der Waals surface area contributed by atoms with Crippen molar-refractivity contribution in [1.82, 2.24) is 4.57 Å². The van der Waals surface area contributed by atoms with E-state index in [0.717, 1.165) is 6.54 Å². The van der Waals surface area contributed by atoms with Crippen molar-refractivity contribution in [1.29, 1.82) is 0 Å². The maximum atomic E-state index is 3.61. The summed E-state index contributed by atoms with van der Waals surface area (Å²) in [7, 11) is 2.17. The minimum absolute atomic E-state index is 0.582. The van der Waals surface area contributed by atoms with Crippen LogP contribution in [0.1, 0.15) is 13.8 Å². The van der Waals surface area contributed by atoms with Gasteiger partial charge in [-0.25, -0.2) is 0 Å². The van der Waals surface area contributed by atoms with Gasteiger partial charge in [0.2, 0.25) is 6.33 Å². The highest BCUT2D eigenvalue weighted by Crippen LogP contribution is 2.41. The SMILES string of the molecule is CC(C)Cn1[c-][n+]2c3c(cccc31)N(C)c1c-2ccc2ccccc12. The summed E-state index contributed by atoms with van der Waals surface area (Å²) in [6, 6.07) is 19.6. The molecule has 3 heteroatoms. The minimum Gasteiger partial charge on any atom is -0.353 e. The number of anilines is 2. The molecule has 0 fully saturated rings. The van der Waals surface area contributed by atoms with Gasteiger partial charge in [0.05, 0.1) is 29.0 Å². The van der Waals surface area contributed by atoms with E-state index >= 15 is 0 Å². The van der Waals surface area contributed by atoms with Gasteiger partial charge in [-0.1, -0.05) is 62.4 Å². The first-order chi connectivity index (χ1) is 12.1. The molecule has 0 bridgehead atoms. The van der Waals surface area contributed by atoms with Crippen LogP contribution in [-0.4, -0.2) is 11.6 Å². The Morgan fingerprint density at radius 2 is 1.84 bits per heavy atom. The fourth-order valence-corrected chi connectivity index (χ4v) is 4.04. The fourth-order valence-electron chi connectivity index (χ4n) is 4.04. The van der Waals surface area contributed by atoms with Gasteiger partial charge in [0.1, 0.15) is 0 Å². The number of hydrogen-bond donors (Lipinski definition) is 0. The molecule has 0 N–H and O–H groups in total. The van der Waals surface area contributed by atoms with E-state index in [2.05, 4.69) is 95.9 Å². The van der Waals surface area contributed by atoms with Gasteiger partial charge in [0, 0.05) is 12.7 Å². The first-order valence-electron chi connectivity index (χ1n) is 8.87. The van der Waals surface area contributed by atoms with E-state index in [1.165, 1.54) is 38.9 Å². The minimum atomic E-state index is 0.582. The predicted octanol–water partition coefficient (Wildman–Crippen LogP) is 4.61. The van der Waals surface area contributed by atoms with E-state index in [0.29, 0.717) is 5.92 Å². The van der Waals surface area contributed by atoms with Crippen LogP contribution in [0.2, 0.25) is 0 Å². The number of hydrogen-bond acceptors (Lipinski definition) is 1. The molecule has 0 unspecified atom stereocenters. The van der Waals surface area contributed by atoms with Crippen molar-refractivity contribution in [3.63, 3.8) is 0 Å². The Kier molecular flexibility index (Phi) is 2.96. The molecule has 0 amide bonds. The number of fused-ring (bicyclic) bond motifs is 4. The molecule has 0 saturated heterocycles. The van der Waals surface area contributed by atoms with E-state index in [-0.39, 0.29) is 0 Å². The Balaban J connectivity index is 1.90. The van der Waals surface area contributed by atoms with Crippen molar-refractivity contribution in [2.24, 2.45) is 5.92 Å². The topological polar surface area (TPSA) is 12.0 Å². The molecule has 5 rings (SSSR count). The molecule has 4 aromatic rings. The Morgan fingerprint density at radius 1 is 1.00 bits per heavy atom. The van der Waals surface area contributed by atoms with Gasteiger partial charge < -0.3 is 14.0 Å². The highest BCUT2D eigenvalue weighted by atomic mass is 15.2. The molecule has 124 valence electrons. The van der Waals surface area contributed by atoms with Crippen molar-refractivity contribution >= 4 is 33.2 Å². The van der Waals surface area contributed by atoms with Gasteiger partial charge in [-0.2, -0.15) is 0 Å². The summed E-state index contributed by atoms with van der Waals surface area (Å²) < 4.78 is 4.51. The van der Waals surface area contributed by atoms with Crippen LogP contribution in [0.25, 0.3) is 27.5 Å². The van der Waals surface area contributed by atoms with Crippen molar-refractivity contribution in [2.45, 2.75) is 20.4 Å². The third-order valence-electron chi connectivity index (χ3n) is 5.09. The number of benzene rings is 3. The third-order valence-corrected chi connectivity index (χ3v) is 5.09. The molecule has 0 aliphatic carbocycles. The Morgan fingerprint density at radius 3 is 2.68 bits per heavy atom. The van der Waals surface area contributed by atoms with Crippen LogP contribution in [0, 0.1) is 12.2 Å². The van der Waals surface area contributed by atoms with Gasteiger partial charge >= 0.3 is 0 Å². The molecule has 1 aliphatic heterocycles. The monoisotopic (exact) mass is 327 g/mol. The summed E-state index contributed by atoms with van der Waals surface area (Å²) in [5.41, 5.74) is 6.18. The molecule has 3 nitrogen and oxygen atoms in total. The van der Waals surface area contributed by atoms with E-state index in [1.54, 1.807) is 0 Å². The highest BCUT2D eigenvalue weighted by molar-refractivity contribution is 6.03. The second kappa shape index (κ2) is 5.09. The first-order valence-corrected chi connectivity index (χ1v) is 8.87. The molecule has 0 saturated carbocycles. The molecule has 1 aromatic heterocycles. The zero-order chi connectivity index (χ0) is 17.1. The zero-order valence-electron chi connectivity index (χ0n) is 14.8. The molecule has 2 heterocycles. The second-order valence-electron chi connectivity index (χ2n) is 7.30. The van der Waals surface area contributed by atoms with Crippen LogP contribution in [0.3, 0.4) is 0 Å². The number of imidazole rings is 1. The summed E-state index contributed by atoms with van der Waals surface area (Å²) in [6.45, 7) is 5.47. The van der Waals surface area contributed by atoms with E-state index in [1.807, 2.05) is 0 Å². The lowest BCUT2D eigenvalue weighted by Gasteiger charge is -2.31. The maximum Gasteiger partial charge on any atom is 0.244 e. The molecule has 0 atom stereocenters. The van der Waals surface area contributed by atoms with Crippen LogP contribution in [-0.2, 0) is 6.54 Å². The van der Waals surface area contributed by atoms with Crippen LogP contribution in [0.4, 0.5) is 11.4 Å². The standard InChI is InChI=1S/C22H21N3/c1-15(2)13-24-14-25-20-12-11-16-7-4-5-8-17(16)21(20)23(3)18-9-6-10-19(24)22(18)25/h4-12,15H,13H2,1-3H3. The molecular formula is C22H21N3. The molecule has 3 aromatic carbocycles. The van der Waals surface area contributed by atoms with E-state index < -0.39 is 0 Å². The smallest absolute Gasteiger partial charge is 0.244 e. The lowest BCUT2D eigenvalue weighted by molar-refractivity contribution is -0.572. The van der Waals surface area contributed by atoms with Gasteiger partial charge in [0.15, 0.2) is 0 Å². The highest BCUT2D eigenvalue weighted by Gasteiger charge is 2.25. The van der Waals surface area contributed by atoms with Crippen LogP contribution < -0.4 is 9.47 Å². The summed E-state index contributed by atoms with van der Waals surface area (Å²) in [6.07, 6.45) is 3.61.